The minimum Gasteiger partial charge on any atom is -0.493 e. The van der Waals surface area contributed by atoms with Gasteiger partial charge in [0.05, 0.1) is 31.3 Å². The van der Waals surface area contributed by atoms with Crippen molar-refractivity contribution in [3.05, 3.63) is 36.7 Å². The van der Waals surface area contributed by atoms with Crippen LogP contribution in [0, 0.1) is 11.3 Å². The molecular weight excluding hydrogens is 304 g/mol. The summed E-state index contributed by atoms with van der Waals surface area (Å²) < 4.78 is 12.9. The number of hydrogen-bond acceptors (Lipinski definition) is 5. The van der Waals surface area contributed by atoms with Gasteiger partial charge in [-0.15, -0.1) is 0 Å². The van der Waals surface area contributed by atoms with Gasteiger partial charge in [0, 0.05) is 43.1 Å². The first-order valence-corrected chi connectivity index (χ1v) is 7.68. The largest absolute Gasteiger partial charge is 0.493 e. The molecule has 0 fully saturated rings. The molecule has 0 unspecified atom stereocenters. The van der Waals surface area contributed by atoms with Crippen molar-refractivity contribution in [1.29, 1.82) is 5.26 Å². The Morgan fingerprint density at radius 2 is 1.83 bits per heavy atom. The number of rotatable bonds is 6. The normalized spacial score (nSPS) is 10.5. The van der Waals surface area contributed by atoms with Gasteiger partial charge in [-0.25, -0.2) is 4.98 Å². The zero-order valence-corrected chi connectivity index (χ0v) is 13.7. The SMILES string of the molecule is COc1cc2nc(-c3ccncc3)n(CCCC#N)c2cc1OC. The second-order valence-corrected chi connectivity index (χ2v) is 5.28. The van der Waals surface area contributed by atoms with Gasteiger partial charge in [0.1, 0.15) is 5.82 Å². The Balaban J connectivity index is 2.18. The van der Waals surface area contributed by atoms with E-state index in [1.165, 1.54) is 0 Å². The van der Waals surface area contributed by atoms with Crippen molar-refractivity contribution in [3.63, 3.8) is 0 Å². The molecule has 0 saturated carbocycles. The highest BCUT2D eigenvalue weighted by Gasteiger charge is 2.16. The van der Waals surface area contributed by atoms with Crippen molar-refractivity contribution < 1.29 is 9.47 Å². The molecule has 0 bridgehead atoms. The number of aryl methyl sites for hydroxylation is 1. The Kier molecular flexibility index (Phi) is 4.62. The number of aromatic nitrogens is 3. The van der Waals surface area contributed by atoms with Crippen LogP contribution in [-0.2, 0) is 6.54 Å². The van der Waals surface area contributed by atoms with E-state index in [0.717, 1.165) is 28.8 Å². The van der Waals surface area contributed by atoms with E-state index in [0.29, 0.717) is 24.5 Å². The number of ether oxygens (including phenoxy) is 2. The smallest absolute Gasteiger partial charge is 0.163 e. The monoisotopic (exact) mass is 322 g/mol. The molecule has 2 heterocycles. The van der Waals surface area contributed by atoms with Crippen molar-refractivity contribution in [2.75, 3.05) is 14.2 Å². The van der Waals surface area contributed by atoms with Gasteiger partial charge in [-0.2, -0.15) is 5.26 Å². The van der Waals surface area contributed by atoms with E-state index in [2.05, 4.69) is 15.6 Å². The summed E-state index contributed by atoms with van der Waals surface area (Å²) in [6.07, 6.45) is 4.75. The lowest BCUT2D eigenvalue weighted by atomic mass is 10.2. The summed E-state index contributed by atoms with van der Waals surface area (Å²) in [5, 5.41) is 8.83. The van der Waals surface area contributed by atoms with Crippen molar-refractivity contribution in [2.45, 2.75) is 19.4 Å². The number of nitrogens with zero attached hydrogens (tertiary/aromatic N) is 4. The first-order valence-electron chi connectivity index (χ1n) is 7.68. The van der Waals surface area contributed by atoms with Crippen LogP contribution in [0.2, 0.25) is 0 Å². The molecule has 122 valence electrons. The fourth-order valence-corrected chi connectivity index (χ4v) is 2.72. The maximum atomic E-state index is 8.83. The molecule has 0 aliphatic heterocycles. The summed E-state index contributed by atoms with van der Waals surface area (Å²) in [6, 6.07) is 9.85. The lowest BCUT2D eigenvalue weighted by molar-refractivity contribution is 0.355. The second kappa shape index (κ2) is 7.01. The zero-order valence-electron chi connectivity index (χ0n) is 13.7. The van der Waals surface area contributed by atoms with Crippen molar-refractivity contribution in [2.24, 2.45) is 0 Å². The van der Waals surface area contributed by atoms with Crippen LogP contribution < -0.4 is 9.47 Å². The highest BCUT2D eigenvalue weighted by Crippen LogP contribution is 2.34. The number of imidazole rings is 1. The number of fused-ring (bicyclic) bond motifs is 1. The third-order valence-corrected chi connectivity index (χ3v) is 3.86. The summed E-state index contributed by atoms with van der Waals surface area (Å²) in [5.41, 5.74) is 2.77. The van der Waals surface area contributed by atoms with E-state index in [1.807, 2.05) is 24.3 Å². The second-order valence-electron chi connectivity index (χ2n) is 5.28. The summed E-state index contributed by atoms with van der Waals surface area (Å²) in [5.74, 6) is 2.15. The quantitative estimate of drug-likeness (QED) is 0.650. The molecule has 0 radical (unpaired) electrons. The molecule has 0 amide bonds. The number of methoxy groups -OCH3 is 2. The topological polar surface area (TPSA) is 73.0 Å². The average molecular weight is 322 g/mol. The Bertz CT molecular complexity index is 881. The minimum absolute atomic E-state index is 0.503. The molecule has 0 atom stereocenters. The van der Waals surface area contributed by atoms with Gasteiger partial charge in [-0.1, -0.05) is 0 Å². The molecule has 0 saturated heterocycles. The maximum absolute atomic E-state index is 8.83. The fraction of sp³-hybridized carbons (Fsp3) is 0.278. The van der Waals surface area contributed by atoms with Gasteiger partial charge in [0.2, 0.25) is 0 Å². The molecule has 6 heteroatoms. The van der Waals surface area contributed by atoms with Gasteiger partial charge in [0.15, 0.2) is 11.5 Å². The Hall–Kier alpha value is -3.07. The lowest BCUT2D eigenvalue weighted by Gasteiger charge is -2.10. The van der Waals surface area contributed by atoms with Crippen LogP contribution >= 0.6 is 0 Å². The van der Waals surface area contributed by atoms with E-state index in [9.17, 15) is 0 Å². The van der Waals surface area contributed by atoms with Crippen LogP contribution in [0.4, 0.5) is 0 Å². The standard InChI is InChI=1S/C18H18N4O2/c1-23-16-11-14-15(12-17(16)24-2)22(10-4-3-7-19)18(21-14)13-5-8-20-9-6-13/h5-6,8-9,11-12H,3-4,10H2,1-2H3. The molecule has 0 N–H and O–H groups in total. The molecule has 1 aromatic carbocycles. The van der Waals surface area contributed by atoms with E-state index >= 15 is 0 Å². The number of unbranched alkanes of at least 4 members (excludes halogenated alkanes) is 1. The average Bonchev–Trinajstić information content (AvgIpc) is 2.99. The van der Waals surface area contributed by atoms with E-state index < -0.39 is 0 Å². The van der Waals surface area contributed by atoms with Crippen LogP contribution in [-0.4, -0.2) is 28.8 Å². The summed E-state index contributed by atoms with van der Waals surface area (Å²) in [7, 11) is 3.22. The summed E-state index contributed by atoms with van der Waals surface area (Å²) >= 11 is 0. The van der Waals surface area contributed by atoms with Gasteiger partial charge < -0.3 is 14.0 Å². The van der Waals surface area contributed by atoms with Crippen LogP contribution in [0.3, 0.4) is 0 Å². The Morgan fingerprint density at radius 3 is 2.50 bits per heavy atom. The molecule has 24 heavy (non-hydrogen) atoms. The molecule has 0 aliphatic carbocycles. The van der Waals surface area contributed by atoms with Crippen LogP contribution in [0.1, 0.15) is 12.8 Å². The predicted octanol–water partition coefficient (Wildman–Crippen LogP) is 3.42. The zero-order chi connectivity index (χ0) is 16.9. The van der Waals surface area contributed by atoms with E-state index in [-0.39, 0.29) is 0 Å². The van der Waals surface area contributed by atoms with Crippen LogP contribution in [0.15, 0.2) is 36.7 Å². The predicted molar refractivity (Wildman–Crippen MR) is 90.9 cm³/mol. The minimum atomic E-state index is 0.503. The van der Waals surface area contributed by atoms with E-state index in [1.54, 1.807) is 26.6 Å². The maximum Gasteiger partial charge on any atom is 0.163 e. The number of nitriles is 1. The van der Waals surface area contributed by atoms with E-state index in [4.69, 9.17) is 19.7 Å². The third-order valence-electron chi connectivity index (χ3n) is 3.86. The highest BCUT2D eigenvalue weighted by atomic mass is 16.5. The third kappa shape index (κ3) is 2.88. The van der Waals surface area contributed by atoms with Gasteiger partial charge in [0.25, 0.3) is 0 Å². The van der Waals surface area contributed by atoms with Crippen molar-refractivity contribution in [3.8, 4) is 29.0 Å². The molecule has 0 aliphatic rings. The number of benzene rings is 1. The molecule has 3 aromatic rings. The van der Waals surface area contributed by atoms with Crippen molar-refractivity contribution in [1.82, 2.24) is 14.5 Å². The number of hydrogen-bond donors (Lipinski definition) is 0. The summed E-state index contributed by atoms with van der Waals surface area (Å²) in [6.45, 7) is 0.706. The highest BCUT2D eigenvalue weighted by molar-refractivity contribution is 5.84. The first kappa shape index (κ1) is 15.8. The fourth-order valence-electron chi connectivity index (χ4n) is 2.72. The van der Waals surface area contributed by atoms with Gasteiger partial charge >= 0.3 is 0 Å². The first-order chi connectivity index (χ1) is 11.8. The molecule has 2 aromatic heterocycles. The molecule has 6 nitrogen and oxygen atoms in total. The molecule has 3 rings (SSSR count). The van der Waals surface area contributed by atoms with Gasteiger partial charge in [-0.05, 0) is 18.6 Å². The molecule has 0 spiro atoms. The summed E-state index contributed by atoms with van der Waals surface area (Å²) in [4.78, 5) is 8.83. The molecular formula is C18H18N4O2. The number of pyridine rings is 1. The lowest BCUT2D eigenvalue weighted by Crippen LogP contribution is -2.01. The Morgan fingerprint density at radius 1 is 1.12 bits per heavy atom. The Labute approximate surface area is 140 Å². The van der Waals surface area contributed by atoms with Gasteiger partial charge in [-0.3, -0.25) is 4.98 Å². The van der Waals surface area contributed by atoms with Crippen molar-refractivity contribution >= 4 is 11.0 Å². The van der Waals surface area contributed by atoms with Crippen LogP contribution in [0.5, 0.6) is 11.5 Å². The van der Waals surface area contributed by atoms with Crippen LogP contribution in [0.25, 0.3) is 22.4 Å².